The molecule has 6 nitrogen and oxygen atoms in total. The molecular weight excluding hydrogens is 314 g/mol. The van der Waals surface area contributed by atoms with Gasteiger partial charge in [-0.3, -0.25) is 9.79 Å². The Labute approximate surface area is 151 Å². The number of hydrogen-bond donors (Lipinski definition) is 3. The maximum absolute atomic E-state index is 11.9. The van der Waals surface area contributed by atoms with Crippen molar-refractivity contribution in [1.29, 1.82) is 0 Å². The molecule has 0 aliphatic carbocycles. The molecule has 0 saturated carbocycles. The molecule has 1 aliphatic heterocycles. The van der Waals surface area contributed by atoms with Crippen LogP contribution in [0.4, 0.5) is 0 Å². The standard InChI is InChI=1S/C19H31N5O/c1-3-21-18(25)17-9-7-8-16(14-17)15-23-19(20-2)22-10-13-24-11-5-4-6-12-24/h7-9,14H,3-6,10-13,15H2,1-2H3,(H,21,25)(H2,20,22,23). The Morgan fingerprint density at radius 3 is 2.68 bits per heavy atom. The summed E-state index contributed by atoms with van der Waals surface area (Å²) in [6.45, 7) is 7.54. The molecule has 0 radical (unpaired) electrons. The van der Waals surface area contributed by atoms with Crippen molar-refractivity contribution in [2.24, 2.45) is 4.99 Å². The molecule has 1 aromatic rings. The number of nitrogens with zero attached hydrogens (tertiary/aromatic N) is 2. The molecule has 25 heavy (non-hydrogen) atoms. The topological polar surface area (TPSA) is 68.8 Å². The van der Waals surface area contributed by atoms with Gasteiger partial charge in [0.05, 0.1) is 0 Å². The highest BCUT2D eigenvalue weighted by molar-refractivity contribution is 5.94. The highest BCUT2D eigenvalue weighted by Crippen LogP contribution is 2.07. The molecule has 1 amide bonds. The number of likely N-dealkylation sites (tertiary alicyclic amines) is 1. The van der Waals surface area contributed by atoms with E-state index in [4.69, 9.17) is 0 Å². The summed E-state index contributed by atoms with van der Waals surface area (Å²) in [6.07, 6.45) is 3.99. The number of amides is 1. The molecule has 0 unspecified atom stereocenters. The van der Waals surface area contributed by atoms with Gasteiger partial charge >= 0.3 is 0 Å². The zero-order valence-electron chi connectivity index (χ0n) is 15.5. The van der Waals surface area contributed by atoms with Gasteiger partial charge in [-0.25, -0.2) is 0 Å². The van der Waals surface area contributed by atoms with E-state index < -0.39 is 0 Å². The number of carbonyl (C=O) groups excluding carboxylic acids is 1. The molecule has 0 spiro atoms. The Morgan fingerprint density at radius 2 is 1.96 bits per heavy atom. The van der Waals surface area contributed by atoms with Gasteiger partial charge < -0.3 is 20.9 Å². The predicted octanol–water partition coefficient (Wildman–Crippen LogP) is 1.59. The van der Waals surface area contributed by atoms with Crippen LogP contribution in [0.5, 0.6) is 0 Å². The lowest BCUT2D eigenvalue weighted by Crippen LogP contribution is -2.42. The SMILES string of the molecule is CCNC(=O)c1cccc(CNC(=NC)NCCN2CCCCC2)c1. The minimum absolute atomic E-state index is 0.0339. The van der Waals surface area contributed by atoms with Crippen molar-refractivity contribution in [2.45, 2.75) is 32.7 Å². The average Bonchev–Trinajstić information content (AvgIpc) is 2.66. The molecule has 3 N–H and O–H groups in total. The van der Waals surface area contributed by atoms with Crippen molar-refractivity contribution in [2.75, 3.05) is 39.8 Å². The van der Waals surface area contributed by atoms with Crippen LogP contribution in [-0.4, -0.2) is 56.5 Å². The van der Waals surface area contributed by atoms with E-state index >= 15 is 0 Å². The summed E-state index contributed by atoms with van der Waals surface area (Å²) >= 11 is 0. The van der Waals surface area contributed by atoms with Gasteiger partial charge in [0.15, 0.2) is 5.96 Å². The Morgan fingerprint density at radius 1 is 1.16 bits per heavy atom. The lowest BCUT2D eigenvalue weighted by Gasteiger charge is -2.26. The Balaban J connectivity index is 1.76. The van der Waals surface area contributed by atoms with Gasteiger partial charge in [-0.2, -0.15) is 0 Å². The second-order valence-electron chi connectivity index (χ2n) is 6.31. The van der Waals surface area contributed by atoms with Gasteiger partial charge in [0.25, 0.3) is 5.91 Å². The maximum atomic E-state index is 11.9. The van der Waals surface area contributed by atoms with E-state index in [-0.39, 0.29) is 5.91 Å². The summed E-state index contributed by atoms with van der Waals surface area (Å²) < 4.78 is 0. The minimum atomic E-state index is -0.0339. The quantitative estimate of drug-likeness (QED) is 0.518. The Hall–Kier alpha value is -2.08. The first-order chi connectivity index (χ1) is 12.2. The highest BCUT2D eigenvalue weighted by Gasteiger charge is 2.09. The van der Waals surface area contributed by atoms with E-state index in [1.807, 2.05) is 31.2 Å². The number of benzene rings is 1. The number of rotatable bonds is 7. The highest BCUT2D eigenvalue weighted by atomic mass is 16.1. The first-order valence-electron chi connectivity index (χ1n) is 9.27. The number of piperidine rings is 1. The first-order valence-corrected chi connectivity index (χ1v) is 9.27. The van der Waals surface area contributed by atoms with Crippen molar-refractivity contribution in [3.63, 3.8) is 0 Å². The van der Waals surface area contributed by atoms with Crippen molar-refractivity contribution in [1.82, 2.24) is 20.9 Å². The first kappa shape index (κ1) is 19.2. The summed E-state index contributed by atoms with van der Waals surface area (Å²) in [7, 11) is 1.78. The van der Waals surface area contributed by atoms with Crippen molar-refractivity contribution in [3.05, 3.63) is 35.4 Å². The molecule has 2 rings (SSSR count). The van der Waals surface area contributed by atoms with E-state index in [0.717, 1.165) is 24.6 Å². The molecular formula is C19H31N5O. The normalized spacial score (nSPS) is 15.7. The number of nitrogens with one attached hydrogen (secondary N) is 3. The van der Waals surface area contributed by atoms with Crippen LogP contribution in [0.25, 0.3) is 0 Å². The van der Waals surface area contributed by atoms with Gasteiger partial charge in [-0.15, -0.1) is 0 Å². The lowest BCUT2D eigenvalue weighted by atomic mass is 10.1. The van der Waals surface area contributed by atoms with Gasteiger partial charge in [-0.05, 0) is 50.6 Å². The largest absolute Gasteiger partial charge is 0.355 e. The second kappa shape index (κ2) is 10.7. The predicted molar refractivity (Wildman–Crippen MR) is 103 cm³/mol. The number of carbonyl (C=O) groups is 1. The van der Waals surface area contributed by atoms with Crippen LogP contribution in [-0.2, 0) is 6.54 Å². The number of guanidine groups is 1. The minimum Gasteiger partial charge on any atom is -0.355 e. The van der Waals surface area contributed by atoms with Crippen LogP contribution in [0.3, 0.4) is 0 Å². The second-order valence-corrected chi connectivity index (χ2v) is 6.31. The van der Waals surface area contributed by atoms with Gasteiger partial charge in [0, 0.05) is 38.8 Å². The van der Waals surface area contributed by atoms with E-state index in [0.29, 0.717) is 18.7 Å². The van der Waals surface area contributed by atoms with Crippen molar-refractivity contribution >= 4 is 11.9 Å². The number of aliphatic imine (C=N–C) groups is 1. The van der Waals surface area contributed by atoms with Gasteiger partial charge in [0.2, 0.25) is 0 Å². The third kappa shape index (κ3) is 6.74. The van der Waals surface area contributed by atoms with Crippen molar-refractivity contribution < 1.29 is 4.79 Å². The lowest BCUT2D eigenvalue weighted by molar-refractivity contribution is 0.0955. The molecule has 1 aliphatic rings. The Bertz CT molecular complexity index is 567. The van der Waals surface area contributed by atoms with Gasteiger partial charge in [-0.1, -0.05) is 18.6 Å². The summed E-state index contributed by atoms with van der Waals surface area (Å²) in [6, 6.07) is 7.67. The number of hydrogen-bond acceptors (Lipinski definition) is 3. The zero-order chi connectivity index (χ0) is 17.9. The maximum Gasteiger partial charge on any atom is 0.251 e. The van der Waals surface area contributed by atoms with Crippen LogP contribution in [0.15, 0.2) is 29.3 Å². The molecule has 1 heterocycles. The third-order valence-corrected chi connectivity index (χ3v) is 4.38. The summed E-state index contributed by atoms with van der Waals surface area (Å²) in [5.74, 6) is 0.758. The van der Waals surface area contributed by atoms with E-state index in [2.05, 4.69) is 25.8 Å². The summed E-state index contributed by atoms with van der Waals surface area (Å²) in [5.41, 5.74) is 1.75. The van der Waals surface area contributed by atoms with E-state index in [1.54, 1.807) is 7.05 Å². The Kier molecular flexibility index (Phi) is 8.25. The average molecular weight is 345 g/mol. The van der Waals surface area contributed by atoms with Crippen LogP contribution in [0.1, 0.15) is 42.1 Å². The molecule has 1 aromatic carbocycles. The molecule has 0 aromatic heterocycles. The van der Waals surface area contributed by atoms with Crippen LogP contribution >= 0.6 is 0 Å². The van der Waals surface area contributed by atoms with Crippen LogP contribution < -0.4 is 16.0 Å². The molecule has 0 atom stereocenters. The fourth-order valence-electron chi connectivity index (χ4n) is 3.01. The van der Waals surface area contributed by atoms with E-state index in [1.165, 1.54) is 32.4 Å². The fraction of sp³-hybridized carbons (Fsp3) is 0.579. The third-order valence-electron chi connectivity index (χ3n) is 4.38. The monoisotopic (exact) mass is 345 g/mol. The molecule has 138 valence electrons. The molecule has 0 bridgehead atoms. The fourth-order valence-corrected chi connectivity index (χ4v) is 3.01. The van der Waals surface area contributed by atoms with Gasteiger partial charge in [0.1, 0.15) is 0 Å². The smallest absolute Gasteiger partial charge is 0.251 e. The van der Waals surface area contributed by atoms with Crippen molar-refractivity contribution in [3.8, 4) is 0 Å². The summed E-state index contributed by atoms with van der Waals surface area (Å²) in [4.78, 5) is 18.7. The summed E-state index contributed by atoms with van der Waals surface area (Å²) in [5, 5.41) is 9.50. The molecule has 1 fully saturated rings. The van der Waals surface area contributed by atoms with Crippen LogP contribution in [0.2, 0.25) is 0 Å². The van der Waals surface area contributed by atoms with E-state index in [9.17, 15) is 4.79 Å². The van der Waals surface area contributed by atoms with Crippen LogP contribution in [0, 0.1) is 0 Å². The zero-order valence-corrected chi connectivity index (χ0v) is 15.5. The molecule has 1 saturated heterocycles. The molecule has 6 heteroatoms.